The van der Waals surface area contributed by atoms with Crippen LogP contribution in [0.5, 0.6) is 0 Å². The molecule has 2 nitrogen and oxygen atoms in total. The van der Waals surface area contributed by atoms with Crippen LogP contribution in [0.2, 0.25) is 0 Å². The van der Waals surface area contributed by atoms with Crippen molar-refractivity contribution in [3.8, 4) is 0 Å². The summed E-state index contributed by atoms with van der Waals surface area (Å²) in [5.41, 5.74) is 0. The standard InChI is InChI=1S/C7H7BrO2/c8-6-3-1-2-5(4-6)7(9)10/h1,3-5H,2H2,(H,9,10). The molecule has 54 valence electrons. The number of halogens is 1. The van der Waals surface area contributed by atoms with E-state index in [1.54, 1.807) is 6.08 Å². The molecule has 1 rings (SSSR count). The SMILES string of the molecule is O=C(O)C1C=C(Br)C=CC1. The number of rotatable bonds is 1. The third kappa shape index (κ3) is 1.70. The second kappa shape index (κ2) is 3.01. The highest BCUT2D eigenvalue weighted by molar-refractivity contribution is 9.11. The second-order valence-electron chi connectivity index (χ2n) is 2.13. The summed E-state index contributed by atoms with van der Waals surface area (Å²) in [4.78, 5) is 10.4. The maximum absolute atomic E-state index is 10.4. The van der Waals surface area contributed by atoms with Crippen LogP contribution in [0.15, 0.2) is 22.7 Å². The van der Waals surface area contributed by atoms with E-state index < -0.39 is 5.97 Å². The Morgan fingerprint density at radius 2 is 2.50 bits per heavy atom. The molecule has 1 aliphatic rings. The number of carbonyl (C=O) groups is 1. The zero-order chi connectivity index (χ0) is 7.56. The molecule has 0 aromatic carbocycles. The van der Waals surface area contributed by atoms with Crippen LogP contribution in [-0.4, -0.2) is 11.1 Å². The van der Waals surface area contributed by atoms with E-state index in [1.165, 1.54) is 0 Å². The monoisotopic (exact) mass is 202 g/mol. The summed E-state index contributed by atoms with van der Waals surface area (Å²) in [5, 5.41) is 8.56. The van der Waals surface area contributed by atoms with E-state index in [0.29, 0.717) is 6.42 Å². The summed E-state index contributed by atoms with van der Waals surface area (Å²) in [5.74, 6) is -1.11. The van der Waals surface area contributed by atoms with Gasteiger partial charge in [0.25, 0.3) is 0 Å². The Balaban J connectivity index is 2.69. The van der Waals surface area contributed by atoms with Crippen LogP contribution in [0, 0.1) is 5.92 Å². The van der Waals surface area contributed by atoms with Crippen molar-refractivity contribution in [2.45, 2.75) is 6.42 Å². The van der Waals surface area contributed by atoms with Crippen molar-refractivity contribution in [2.24, 2.45) is 5.92 Å². The van der Waals surface area contributed by atoms with Crippen molar-refractivity contribution >= 4 is 21.9 Å². The van der Waals surface area contributed by atoms with Gasteiger partial charge in [-0.15, -0.1) is 0 Å². The molecule has 0 radical (unpaired) electrons. The van der Waals surface area contributed by atoms with E-state index in [0.717, 1.165) is 4.48 Å². The van der Waals surface area contributed by atoms with Gasteiger partial charge >= 0.3 is 5.97 Å². The second-order valence-corrected chi connectivity index (χ2v) is 3.05. The number of hydrogen-bond acceptors (Lipinski definition) is 1. The lowest BCUT2D eigenvalue weighted by molar-refractivity contribution is -0.139. The van der Waals surface area contributed by atoms with Gasteiger partial charge in [0.1, 0.15) is 0 Å². The van der Waals surface area contributed by atoms with Gasteiger partial charge in [-0.25, -0.2) is 0 Å². The molecule has 0 heterocycles. The van der Waals surface area contributed by atoms with Gasteiger partial charge in [0.15, 0.2) is 0 Å². The summed E-state index contributed by atoms with van der Waals surface area (Å²) in [6, 6.07) is 0. The Labute approximate surface area is 67.4 Å². The normalized spacial score (nSPS) is 24.1. The van der Waals surface area contributed by atoms with Gasteiger partial charge in [-0.2, -0.15) is 0 Å². The third-order valence-corrected chi connectivity index (χ3v) is 1.87. The van der Waals surface area contributed by atoms with Crippen LogP contribution < -0.4 is 0 Å². The van der Waals surface area contributed by atoms with E-state index in [4.69, 9.17) is 5.11 Å². The molecule has 0 amide bonds. The Bertz CT molecular complexity index is 206. The lowest BCUT2D eigenvalue weighted by Gasteiger charge is -2.07. The van der Waals surface area contributed by atoms with Crippen molar-refractivity contribution in [1.82, 2.24) is 0 Å². The first-order chi connectivity index (χ1) is 4.70. The van der Waals surface area contributed by atoms with Crippen molar-refractivity contribution in [2.75, 3.05) is 0 Å². The molecule has 0 bridgehead atoms. The first-order valence-electron chi connectivity index (χ1n) is 2.97. The minimum atomic E-state index is -0.763. The molecule has 1 unspecified atom stereocenters. The topological polar surface area (TPSA) is 37.3 Å². The van der Waals surface area contributed by atoms with Gasteiger partial charge in [0.2, 0.25) is 0 Å². The van der Waals surface area contributed by atoms with E-state index in [1.807, 2.05) is 12.2 Å². The molecule has 1 atom stereocenters. The van der Waals surface area contributed by atoms with Crippen molar-refractivity contribution in [3.63, 3.8) is 0 Å². The minimum absolute atomic E-state index is 0.348. The highest BCUT2D eigenvalue weighted by atomic mass is 79.9. The van der Waals surface area contributed by atoms with E-state index >= 15 is 0 Å². The largest absolute Gasteiger partial charge is 0.481 e. The van der Waals surface area contributed by atoms with Gasteiger partial charge in [0, 0.05) is 4.48 Å². The molecule has 1 aliphatic carbocycles. The summed E-state index contributed by atoms with van der Waals surface area (Å²) >= 11 is 3.21. The fraction of sp³-hybridized carbons (Fsp3) is 0.286. The molecule has 0 aromatic heterocycles. The minimum Gasteiger partial charge on any atom is -0.481 e. The van der Waals surface area contributed by atoms with Crippen LogP contribution >= 0.6 is 15.9 Å². The quantitative estimate of drug-likeness (QED) is 0.706. The van der Waals surface area contributed by atoms with Crippen LogP contribution in [0.3, 0.4) is 0 Å². The van der Waals surface area contributed by atoms with Crippen molar-refractivity contribution in [3.05, 3.63) is 22.7 Å². The van der Waals surface area contributed by atoms with E-state index in [2.05, 4.69) is 15.9 Å². The van der Waals surface area contributed by atoms with Crippen LogP contribution in [0.25, 0.3) is 0 Å². The average molecular weight is 203 g/mol. The maximum atomic E-state index is 10.4. The van der Waals surface area contributed by atoms with Gasteiger partial charge in [-0.05, 0) is 6.42 Å². The van der Waals surface area contributed by atoms with Crippen molar-refractivity contribution in [1.29, 1.82) is 0 Å². The summed E-state index contributed by atoms with van der Waals surface area (Å²) in [6.07, 6.45) is 6.01. The third-order valence-electron chi connectivity index (χ3n) is 1.34. The van der Waals surface area contributed by atoms with Gasteiger partial charge < -0.3 is 5.11 Å². The Morgan fingerprint density at radius 1 is 1.80 bits per heavy atom. The molecule has 0 aromatic rings. The summed E-state index contributed by atoms with van der Waals surface area (Å²) < 4.78 is 0.853. The molecule has 1 N–H and O–H groups in total. The smallest absolute Gasteiger partial charge is 0.310 e. The first kappa shape index (κ1) is 7.54. The Morgan fingerprint density at radius 3 is 2.90 bits per heavy atom. The summed E-state index contributed by atoms with van der Waals surface area (Å²) in [6.45, 7) is 0. The number of carboxylic acids is 1. The highest BCUT2D eigenvalue weighted by Crippen LogP contribution is 2.20. The van der Waals surface area contributed by atoms with Crippen LogP contribution in [-0.2, 0) is 4.79 Å². The highest BCUT2D eigenvalue weighted by Gasteiger charge is 2.14. The number of allylic oxidation sites excluding steroid dienone is 3. The van der Waals surface area contributed by atoms with E-state index in [9.17, 15) is 4.79 Å². The Kier molecular flexibility index (Phi) is 2.27. The maximum Gasteiger partial charge on any atom is 0.310 e. The molecule has 10 heavy (non-hydrogen) atoms. The predicted octanol–water partition coefficient (Wildman–Crippen LogP) is 1.93. The average Bonchev–Trinajstić information content (AvgIpc) is 1.88. The van der Waals surface area contributed by atoms with Crippen molar-refractivity contribution < 1.29 is 9.90 Å². The fourth-order valence-electron chi connectivity index (χ4n) is 0.815. The molecule has 3 heteroatoms. The zero-order valence-electron chi connectivity index (χ0n) is 5.25. The van der Waals surface area contributed by atoms with Crippen LogP contribution in [0.4, 0.5) is 0 Å². The predicted molar refractivity (Wildman–Crippen MR) is 41.9 cm³/mol. The molecule has 0 spiro atoms. The molecular formula is C7H7BrO2. The fourth-order valence-corrected chi connectivity index (χ4v) is 1.32. The number of carboxylic acid groups (broad SMARTS) is 1. The number of hydrogen-bond donors (Lipinski definition) is 1. The first-order valence-corrected chi connectivity index (χ1v) is 3.76. The lowest BCUT2D eigenvalue weighted by Crippen LogP contribution is -2.11. The molecule has 0 fully saturated rings. The van der Waals surface area contributed by atoms with E-state index in [-0.39, 0.29) is 5.92 Å². The van der Waals surface area contributed by atoms with Gasteiger partial charge in [-0.1, -0.05) is 34.2 Å². The lowest BCUT2D eigenvalue weighted by atomic mass is 10.0. The Hall–Kier alpha value is -0.570. The summed E-state index contributed by atoms with van der Waals surface area (Å²) in [7, 11) is 0. The zero-order valence-corrected chi connectivity index (χ0v) is 6.84. The van der Waals surface area contributed by atoms with Gasteiger partial charge in [0.05, 0.1) is 5.92 Å². The molecular weight excluding hydrogens is 196 g/mol. The van der Waals surface area contributed by atoms with Crippen LogP contribution in [0.1, 0.15) is 6.42 Å². The number of aliphatic carboxylic acids is 1. The molecule has 0 saturated carbocycles. The molecule has 0 aliphatic heterocycles. The van der Waals surface area contributed by atoms with Gasteiger partial charge in [-0.3, -0.25) is 4.79 Å². The molecule has 0 saturated heterocycles.